The van der Waals surface area contributed by atoms with Crippen molar-refractivity contribution in [1.29, 1.82) is 0 Å². The van der Waals surface area contributed by atoms with E-state index in [0.717, 1.165) is 0 Å². The highest BCUT2D eigenvalue weighted by molar-refractivity contribution is 6.03. The monoisotopic (exact) mass is 482 g/mol. The van der Waals surface area contributed by atoms with E-state index in [9.17, 15) is 14.4 Å². The fraction of sp³-hybridized carbons (Fsp3) is 0.179. The summed E-state index contributed by atoms with van der Waals surface area (Å²) in [6.45, 7) is 0.432. The van der Waals surface area contributed by atoms with Crippen LogP contribution in [-0.4, -0.2) is 38.2 Å². The molecule has 0 aromatic heterocycles. The van der Waals surface area contributed by atoms with Crippen molar-refractivity contribution in [2.45, 2.75) is 6.42 Å². The maximum Gasteiger partial charge on any atom is 0.337 e. The summed E-state index contributed by atoms with van der Waals surface area (Å²) in [6, 6.07) is 19.3. The molecule has 2 heterocycles. The number of carbonyl (C=O) groups excluding carboxylic acids is 3. The Bertz CT molecular complexity index is 1420. The zero-order chi connectivity index (χ0) is 25.1. The van der Waals surface area contributed by atoms with Crippen molar-refractivity contribution in [3.8, 4) is 23.3 Å². The number of anilines is 2. The first kappa shape index (κ1) is 23.0. The Morgan fingerprint density at radius 3 is 2.53 bits per heavy atom. The molecule has 1 saturated heterocycles. The van der Waals surface area contributed by atoms with Gasteiger partial charge in [0.15, 0.2) is 11.5 Å². The predicted octanol–water partition coefficient (Wildman–Crippen LogP) is 3.59. The highest BCUT2D eigenvalue weighted by Gasteiger charge is 2.35. The van der Waals surface area contributed by atoms with E-state index in [1.54, 1.807) is 65.6 Å². The van der Waals surface area contributed by atoms with Crippen molar-refractivity contribution in [2.75, 3.05) is 30.7 Å². The molecule has 2 amide bonds. The molecule has 0 spiro atoms. The third-order valence-corrected chi connectivity index (χ3v) is 5.93. The minimum Gasteiger partial charge on any atom is -0.465 e. The molecule has 1 fully saturated rings. The molecule has 0 bridgehead atoms. The van der Waals surface area contributed by atoms with E-state index >= 15 is 0 Å². The van der Waals surface area contributed by atoms with Crippen molar-refractivity contribution in [3.05, 3.63) is 83.4 Å². The highest BCUT2D eigenvalue weighted by Crippen LogP contribution is 2.37. The molecule has 3 aromatic rings. The van der Waals surface area contributed by atoms with E-state index in [-0.39, 0.29) is 31.6 Å². The predicted molar refractivity (Wildman–Crippen MR) is 132 cm³/mol. The van der Waals surface area contributed by atoms with Crippen molar-refractivity contribution < 1.29 is 28.6 Å². The van der Waals surface area contributed by atoms with Gasteiger partial charge in [0.1, 0.15) is 0 Å². The van der Waals surface area contributed by atoms with Gasteiger partial charge in [0, 0.05) is 41.5 Å². The summed E-state index contributed by atoms with van der Waals surface area (Å²) in [5.41, 5.74) is 3.05. The lowest BCUT2D eigenvalue weighted by molar-refractivity contribution is -0.122. The summed E-state index contributed by atoms with van der Waals surface area (Å²) in [6.07, 6.45) is 0.121. The molecule has 8 nitrogen and oxygen atoms in total. The van der Waals surface area contributed by atoms with Gasteiger partial charge >= 0.3 is 5.97 Å². The second kappa shape index (κ2) is 9.84. The number of nitrogens with one attached hydrogen (secondary N) is 1. The summed E-state index contributed by atoms with van der Waals surface area (Å²) in [5, 5.41) is 2.90. The first-order valence-electron chi connectivity index (χ1n) is 11.3. The summed E-state index contributed by atoms with van der Waals surface area (Å²) in [7, 11) is 1.33. The Kier molecular flexibility index (Phi) is 6.29. The summed E-state index contributed by atoms with van der Waals surface area (Å²) < 4.78 is 15.5. The molecule has 2 aliphatic heterocycles. The van der Waals surface area contributed by atoms with Crippen molar-refractivity contribution in [3.63, 3.8) is 0 Å². The molecule has 180 valence electrons. The molecule has 2 aliphatic rings. The third kappa shape index (κ3) is 4.86. The number of hydrogen-bond acceptors (Lipinski definition) is 6. The van der Waals surface area contributed by atoms with Gasteiger partial charge in [0.05, 0.1) is 18.6 Å². The molecule has 0 saturated carbocycles. The summed E-state index contributed by atoms with van der Waals surface area (Å²) >= 11 is 0. The second-order valence-electron chi connectivity index (χ2n) is 8.34. The van der Waals surface area contributed by atoms with E-state index in [1.807, 2.05) is 6.07 Å². The largest absolute Gasteiger partial charge is 0.465 e. The molecule has 1 N–H and O–H groups in total. The van der Waals surface area contributed by atoms with Crippen LogP contribution in [0.5, 0.6) is 11.5 Å². The van der Waals surface area contributed by atoms with Crippen LogP contribution in [-0.2, 0) is 14.3 Å². The highest BCUT2D eigenvalue weighted by atomic mass is 16.7. The SMILES string of the molecule is COC(=O)c1cccc(C#Cc2cccc(NC(=O)C3CC(=O)N(c4ccc5c(c4)OCO5)C3)c2)c1. The number of benzene rings is 3. The first-order chi connectivity index (χ1) is 17.5. The first-order valence-corrected chi connectivity index (χ1v) is 11.3. The second-order valence-corrected chi connectivity index (χ2v) is 8.34. The van der Waals surface area contributed by atoms with Crippen molar-refractivity contribution in [2.24, 2.45) is 5.92 Å². The minimum atomic E-state index is -0.487. The van der Waals surface area contributed by atoms with E-state index in [0.29, 0.717) is 39.6 Å². The Labute approximate surface area is 207 Å². The molecule has 0 radical (unpaired) electrons. The van der Waals surface area contributed by atoms with Crippen LogP contribution >= 0.6 is 0 Å². The fourth-order valence-electron chi connectivity index (χ4n) is 4.09. The minimum absolute atomic E-state index is 0.121. The van der Waals surface area contributed by atoms with Gasteiger partial charge in [-0.2, -0.15) is 0 Å². The van der Waals surface area contributed by atoms with Crippen LogP contribution in [0.4, 0.5) is 11.4 Å². The molecule has 1 atom stereocenters. The fourth-order valence-corrected chi connectivity index (χ4v) is 4.09. The number of nitrogens with zero attached hydrogens (tertiary/aromatic N) is 1. The molecule has 5 rings (SSSR count). The van der Waals surface area contributed by atoms with Gasteiger partial charge in [-0.25, -0.2) is 4.79 Å². The lowest BCUT2D eigenvalue weighted by Gasteiger charge is -2.17. The number of esters is 1. The van der Waals surface area contributed by atoms with Crippen LogP contribution in [0.2, 0.25) is 0 Å². The number of fused-ring (bicyclic) bond motifs is 1. The maximum atomic E-state index is 12.9. The number of methoxy groups -OCH3 is 1. The van der Waals surface area contributed by atoms with E-state index in [2.05, 4.69) is 17.2 Å². The topological polar surface area (TPSA) is 94.2 Å². The number of rotatable bonds is 4. The molecule has 1 unspecified atom stereocenters. The van der Waals surface area contributed by atoms with Crippen LogP contribution < -0.4 is 19.7 Å². The molecule has 3 aromatic carbocycles. The van der Waals surface area contributed by atoms with Gasteiger partial charge in [-0.3, -0.25) is 9.59 Å². The Balaban J connectivity index is 1.25. The van der Waals surface area contributed by atoms with E-state index in [1.165, 1.54) is 7.11 Å². The Hall–Kier alpha value is -4.77. The van der Waals surface area contributed by atoms with Gasteiger partial charge in [0.25, 0.3) is 0 Å². The number of amides is 2. The normalized spacial score (nSPS) is 15.8. The van der Waals surface area contributed by atoms with Crippen LogP contribution in [0.3, 0.4) is 0 Å². The standard InChI is InChI=1S/C28H22N2O6/c1-34-28(33)20-6-2-4-18(12-20)8-9-19-5-3-7-22(13-19)29-27(32)21-14-26(31)30(16-21)23-10-11-24-25(15-23)36-17-35-24/h2-7,10-13,15,21H,14,16-17H2,1H3,(H,29,32). The average Bonchev–Trinajstić information content (AvgIpc) is 3.53. The Morgan fingerprint density at radius 2 is 1.72 bits per heavy atom. The zero-order valence-corrected chi connectivity index (χ0v) is 19.4. The lowest BCUT2D eigenvalue weighted by Crippen LogP contribution is -2.28. The van der Waals surface area contributed by atoms with Gasteiger partial charge in [0.2, 0.25) is 18.6 Å². The molecule has 0 aliphatic carbocycles. The van der Waals surface area contributed by atoms with Crippen LogP contribution in [0.1, 0.15) is 27.9 Å². The third-order valence-electron chi connectivity index (χ3n) is 5.93. The zero-order valence-electron chi connectivity index (χ0n) is 19.4. The molecular formula is C28H22N2O6. The van der Waals surface area contributed by atoms with Crippen LogP contribution in [0.15, 0.2) is 66.7 Å². The quantitative estimate of drug-likeness (QED) is 0.451. The number of carbonyl (C=O) groups is 3. The summed E-state index contributed by atoms with van der Waals surface area (Å²) in [4.78, 5) is 38.9. The van der Waals surface area contributed by atoms with Crippen LogP contribution in [0, 0.1) is 17.8 Å². The lowest BCUT2D eigenvalue weighted by atomic mass is 10.1. The number of ether oxygens (including phenoxy) is 3. The van der Waals surface area contributed by atoms with E-state index < -0.39 is 11.9 Å². The van der Waals surface area contributed by atoms with E-state index in [4.69, 9.17) is 14.2 Å². The van der Waals surface area contributed by atoms with Gasteiger partial charge < -0.3 is 24.4 Å². The average molecular weight is 482 g/mol. The maximum absolute atomic E-state index is 12.9. The van der Waals surface area contributed by atoms with Crippen molar-refractivity contribution in [1.82, 2.24) is 0 Å². The van der Waals surface area contributed by atoms with Gasteiger partial charge in [-0.15, -0.1) is 0 Å². The molecule has 8 heteroatoms. The van der Waals surface area contributed by atoms with Gasteiger partial charge in [-0.1, -0.05) is 24.0 Å². The summed E-state index contributed by atoms with van der Waals surface area (Å²) in [5.74, 6) is 6.02. The smallest absolute Gasteiger partial charge is 0.337 e. The molecule has 36 heavy (non-hydrogen) atoms. The van der Waals surface area contributed by atoms with Gasteiger partial charge in [-0.05, 0) is 48.5 Å². The van der Waals surface area contributed by atoms with Crippen LogP contribution in [0.25, 0.3) is 0 Å². The molecular weight excluding hydrogens is 460 g/mol. The Morgan fingerprint density at radius 1 is 0.972 bits per heavy atom. The van der Waals surface area contributed by atoms with Crippen molar-refractivity contribution >= 4 is 29.2 Å². The number of hydrogen-bond donors (Lipinski definition) is 1.